The minimum absolute atomic E-state index is 0.257. The fourth-order valence-electron chi connectivity index (χ4n) is 2.72. The maximum Gasteiger partial charge on any atom is 0.261 e. The first-order valence-corrected chi connectivity index (χ1v) is 8.72. The van der Waals surface area contributed by atoms with Gasteiger partial charge in [0.25, 0.3) is 5.91 Å². The van der Waals surface area contributed by atoms with E-state index in [-0.39, 0.29) is 11.8 Å². The van der Waals surface area contributed by atoms with Gasteiger partial charge in [-0.25, -0.2) is 9.97 Å². The van der Waals surface area contributed by atoms with Crippen LogP contribution in [0.5, 0.6) is 5.88 Å². The van der Waals surface area contributed by atoms with E-state index < -0.39 is 0 Å². The van der Waals surface area contributed by atoms with Crippen molar-refractivity contribution in [3.05, 3.63) is 78.2 Å². The molecule has 0 spiro atoms. The lowest BCUT2D eigenvalue weighted by atomic mass is 10.1. The van der Waals surface area contributed by atoms with Crippen molar-refractivity contribution in [1.29, 1.82) is 0 Å². The Bertz CT molecular complexity index is 1130. The molecule has 9 nitrogen and oxygen atoms in total. The molecule has 0 aliphatic rings. The van der Waals surface area contributed by atoms with Crippen molar-refractivity contribution in [2.75, 3.05) is 12.4 Å². The minimum Gasteiger partial charge on any atom is -0.480 e. The second kappa shape index (κ2) is 8.26. The van der Waals surface area contributed by atoms with E-state index in [0.29, 0.717) is 35.1 Å². The van der Waals surface area contributed by atoms with Crippen molar-refractivity contribution in [2.24, 2.45) is 0 Å². The van der Waals surface area contributed by atoms with Crippen LogP contribution < -0.4 is 10.1 Å². The number of hydrogen-bond acceptors (Lipinski definition) is 8. The number of para-hydroxylation sites is 1. The number of methoxy groups -OCH3 is 1. The van der Waals surface area contributed by atoms with Crippen molar-refractivity contribution in [2.45, 2.75) is 6.42 Å². The molecule has 3 aromatic heterocycles. The van der Waals surface area contributed by atoms with Gasteiger partial charge in [0.05, 0.1) is 19.7 Å². The van der Waals surface area contributed by atoms with Gasteiger partial charge in [-0.05, 0) is 23.8 Å². The predicted octanol–water partition coefficient (Wildman–Crippen LogP) is 2.77. The number of benzene rings is 1. The highest BCUT2D eigenvalue weighted by Gasteiger charge is 2.16. The molecule has 0 saturated heterocycles. The molecule has 0 fully saturated rings. The van der Waals surface area contributed by atoms with Crippen LogP contribution in [-0.2, 0) is 6.42 Å². The molecule has 1 amide bonds. The molecule has 4 rings (SSSR count). The average Bonchev–Trinajstić information content (AvgIpc) is 3.24. The normalized spacial score (nSPS) is 10.5. The number of pyridine rings is 1. The number of aromatic nitrogens is 5. The molecule has 0 aliphatic carbocycles. The molecule has 1 aromatic carbocycles. The lowest BCUT2D eigenvalue weighted by Crippen LogP contribution is -2.15. The monoisotopic (exact) mass is 388 g/mol. The minimum atomic E-state index is -0.326. The maximum atomic E-state index is 12.7. The summed E-state index contributed by atoms with van der Waals surface area (Å²) in [5, 5.41) is 6.83. The van der Waals surface area contributed by atoms with Crippen LogP contribution in [0.3, 0.4) is 0 Å². The molecule has 0 unspecified atom stereocenters. The van der Waals surface area contributed by atoms with E-state index in [0.717, 1.165) is 5.56 Å². The van der Waals surface area contributed by atoms with Crippen LogP contribution >= 0.6 is 0 Å². The van der Waals surface area contributed by atoms with Gasteiger partial charge in [-0.3, -0.25) is 9.78 Å². The van der Waals surface area contributed by atoms with E-state index in [1.54, 1.807) is 43.0 Å². The largest absolute Gasteiger partial charge is 0.480 e. The van der Waals surface area contributed by atoms with Gasteiger partial charge in [0.2, 0.25) is 17.6 Å². The second-order valence-corrected chi connectivity index (χ2v) is 5.95. The lowest BCUT2D eigenvalue weighted by Gasteiger charge is -2.11. The lowest BCUT2D eigenvalue weighted by molar-refractivity contribution is 0.102. The molecule has 0 saturated carbocycles. The zero-order chi connectivity index (χ0) is 20.1. The molecule has 9 heteroatoms. The van der Waals surface area contributed by atoms with E-state index in [4.69, 9.17) is 9.26 Å². The number of rotatable bonds is 6. The average molecular weight is 388 g/mol. The summed E-state index contributed by atoms with van der Waals surface area (Å²) in [5.41, 5.74) is 2.31. The van der Waals surface area contributed by atoms with Gasteiger partial charge < -0.3 is 14.6 Å². The van der Waals surface area contributed by atoms with Crippen LogP contribution in [0.15, 0.2) is 65.7 Å². The molecule has 4 aromatic rings. The summed E-state index contributed by atoms with van der Waals surface area (Å²) in [4.78, 5) is 29.3. The maximum absolute atomic E-state index is 12.7. The van der Waals surface area contributed by atoms with Gasteiger partial charge in [0, 0.05) is 24.3 Å². The smallest absolute Gasteiger partial charge is 0.261 e. The Morgan fingerprint density at radius 1 is 1.10 bits per heavy atom. The third kappa shape index (κ3) is 4.08. The summed E-state index contributed by atoms with van der Waals surface area (Å²) >= 11 is 0. The summed E-state index contributed by atoms with van der Waals surface area (Å²) in [5.74, 6) is 0.683. The Balaban J connectivity index is 1.55. The quantitative estimate of drug-likeness (QED) is 0.536. The molecule has 0 radical (unpaired) electrons. The van der Waals surface area contributed by atoms with Crippen molar-refractivity contribution in [3.8, 4) is 17.4 Å². The molecule has 144 valence electrons. The van der Waals surface area contributed by atoms with Gasteiger partial charge in [-0.15, -0.1) is 0 Å². The number of ether oxygens (including phenoxy) is 1. The molecule has 0 aliphatic heterocycles. The topological polar surface area (TPSA) is 116 Å². The van der Waals surface area contributed by atoms with E-state index in [1.165, 1.54) is 7.11 Å². The molecule has 0 bridgehead atoms. The first-order chi connectivity index (χ1) is 14.2. The standard InChI is InChI=1S/C20H16N6O3/c1-28-20-14(6-4-8-23-20)19(27)24-15-7-3-2-5-13(15)11-17-25-18(26-29-17)16-12-21-9-10-22-16/h2-10,12H,11H2,1H3,(H,24,27). The summed E-state index contributed by atoms with van der Waals surface area (Å²) in [6.07, 6.45) is 6.59. The fourth-order valence-corrected chi connectivity index (χ4v) is 2.72. The van der Waals surface area contributed by atoms with Crippen molar-refractivity contribution >= 4 is 11.6 Å². The number of nitrogens with one attached hydrogen (secondary N) is 1. The number of anilines is 1. The van der Waals surface area contributed by atoms with Gasteiger partial charge >= 0.3 is 0 Å². The highest BCUT2D eigenvalue weighted by Crippen LogP contribution is 2.22. The molecule has 0 atom stereocenters. The van der Waals surface area contributed by atoms with Crippen molar-refractivity contribution < 1.29 is 14.1 Å². The SMILES string of the molecule is COc1ncccc1C(=O)Nc1ccccc1Cc1nc(-c2cnccn2)no1. The Kier molecular flexibility index (Phi) is 5.19. The number of carbonyl (C=O) groups is 1. The third-order valence-electron chi connectivity index (χ3n) is 4.08. The van der Waals surface area contributed by atoms with Crippen molar-refractivity contribution in [1.82, 2.24) is 25.1 Å². The van der Waals surface area contributed by atoms with E-state index >= 15 is 0 Å². The van der Waals surface area contributed by atoms with Crippen LogP contribution in [0.2, 0.25) is 0 Å². The Labute approximate surface area is 165 Å². The fraction of sp³-hybridized carbons (Fsp3) is 0.100. The molecular formula is C20H16N6O3. The molecule has 3 heterocycles. The Hall–Kier alpha value is -4.14. The van der Waals surface area contributed by atoms with Crippen LogP contribution in [0, 0.1) is 0 Å². The van der Waals surface area contributed by atoms with Crippen LogP contribution in [0.25, 0.3) is 11.5 Å². The summed E-state index contributed by atoms with van der Waals surface area (Å²) < 4.78 is 10.5. The predicted molar refractivity (Wildman–Crippen MR) is 103 cm³/mol. The summed E-state index contributed by atoms with van der Waals surface area (Å²) in [6, 6.07) is 10.7. The van der Waals surface area contributed by atoms with Crippen LogP contribution in [0.4, 0.5) is 5.69 Å². The Morgan fingerprint density at radius 3 is 2.83 bits per heavy atom. The van der Waals surface area contributed by atoms with Crippen LogP contribution in [-0.4, -0.2) is 38.1 Å². The molecule has 29 heavy (non-hydrogen) atoms. The van der Waals surface area contributed by atoms with Crippen LogP contribution in [0.1, 0.15) is 21.8 Å². The van der Waals surface area contributed by atoms with Gasteiger partial charge in [0.15, 0.2) is 0 Å². The Morgan fingerprint density at radius 2 is 2.00 bits per heavy atom. The zero-order valence-corrected chi connectivity index (χ0v) is 15.4. The van der Waals surface area contributed by atoms with Gasteiger partial charge in [-0.2, -0.15) is 4.98 Å². The zero-order valence-electron chi connectivity index (χ0n) is 15.4. The van der Waals surface area contributed by atoms with Gasteiger partial charge in [-0.1, -0.05) is 23.4 Å². The van der Waals surface area contributed by atoms with Crippen molar-refractivity contribution in [3.63, 3.8) is 0 Å². The van der Waals surface area contributed by atoms with E-state index in [9.17, 15) is 4.79 Å². The number of amides is 1. The second-order valence-electron chi connectivity index (χ2n) is 5.95. The summed E-state index contributed by atoms with van der Waals surface area (Å²) in [7, 11) is 1.47. The highest BCUT2D eigenvalue weighted by molar-refractivity contribution is 6.06. The highest BCUT2D eigenvalue weighted by atomic mass is 16.5. The first-order valence-electron chi connectivity index (χ1n) is 8.72. The third-order valence-corrected chi connectivity index (χ3v) is 4.08. The number of carbonyl (C=O) groups excluding carboxylic acids is 1. The van der Waals surface area contributed by atoms with Gasteiger partial charge in [0.1, 0.15) is 11.3 Å². The number of nitrogens with zero attached hydrogens (tertiary/aromatic N) is 5. The molecular weight excluding hydrogens is 372 g/mol. The van der Waals surface area contributed by atoms with E-state index in [2.05, 4.69) is 30.4 Å². The van der Waals surface area contributed by atoms with E-state index in [1.807, 2.05) is 18.2 Å². The number of hydrogen-bond donors (Lipinski definition) is 1. The molecule has 1 N–H and O–H groups in total. The first kappa shape index (κ1) is 18.2. The summed E-state index contributed by atoms with van der Waals surface area (Å²) in [6.45, 7) is 0.